The van der Waals surface area contributed by atoms with Crippen LogP contribution in [0.15, 0.2) is 54.6 Å². The molecule has 1 heterocycles. The van der Waals surface area contributed by atoms with Gasteiger partial charge in [-0.15, -0.1) is 0 Å². The van der Waals surface area contributed by atoms with Crippen LogP contribution in [-0.4, -0.2) is 70.4 Å². The first kappa shape index (κ1) is 30.5. The summed E-state index contributed by atoms with van der Waals surface area (Å²) >= 11 is 0. The normalized spacial score (nSPS) is 17.7. The minimum Gasteiger partial charge on any atom is -0.496 e. The van der Waals surface area contributed by atoms with Gasteiger partial charge in [0.05, 0.1) is 48.7 Å². The average Bonchev–Trinajstić information content (AvgIpc) is 3.04. The van der Waals surface area contributed by atoms with Gasteiger partial charge in [-0.1, -0.05) is 30.3 Å². The van der Waals surface area contributed by atoms with Gasteiger partial charge in [-0.05, 0) is 55.9 Å². The molecule has 42 heavy (non-hydrogen) atoms. The summed E-state index contributed by atoms with van der Waals surface area (Å²) in [7, 11) is -0.633. The fourth-order valence-electron chi connectivity index (χ4n) is 5.11. The summed E-state index contributed by atoms with van der Waals surface area (Å²) < 4.78 is 30.1. The number of hydrogen-bond donors (Lipinski definition) is 2. The average molecular weight is 592 g/mol. The molecule has 1 aliphatic rings. The third-order valence-corrected chi connectivity index (χ3v) is 8.16. The zero-order chi connectivity index (χ0) is 30.8. The van der Waals surface area contributed by atoms with E-state index in [2.05, 4.69) is 10.6 Å². The van der Waals surface area contributed by atoms with Crippen LogP contribution < -0.4 is 25.2 Å². The second-order valence-electron chi connectivity index (χ2n) is 10.3. The smallest absolute Gasteiger partial charge is 0.252 e. The van der Waals surface area contributed by atoms with Gasteiger partial charge >= 0.3 is 0 Å². The van der Waals surface area contributed by atoms with E-state index in [-0.39, 0.29) is 23.5 Å². The molecule has 3 aromatic carbocycles. The Morgan fingerprint density at radius 2 is 1.83 bits per heavy atom. The van der Waals surface area contributed by atoms with Crippen LogP contribution in [0, 0.1) is 11.3 Å². The number of hydrogen-bond acceptors (Lipinski definition) is 8. The maximum absolute atomic E-state index is 14.4. The van der Waals surface area contributed by atoms with E-state index in [0.717, 1.165) is 17.0 Å². The summed E-state index contributed by atoms with van der Waals surface area (Å²) in [5.41, 5.74) is 1.36. The van der Waals surface area contributed by atoms with Gasteiger partial charge < -0.3 is 25.2 Å². The number of nitrogens with zero attached hydrogens (tertiary/aromatic N) is 3. The van der Waals surface area contributed by atoms with Crippen molar-refractivity contribution in [1.82, 2.24) is 10.6 Å². The number of nitrogens with one attached hydrogen (secondary N) is 2. The summed E-state index contributed by atoms with van der Waals surface area (Å²) in [5, 5.41) is 17.0. The third-order valence-electron chi connectivity index (χ3n) is 7.39. The summed E-state index contributed by atoms with van der Waals surface area (Å²) in [4.78, 5) is 43.7. The Labute approximate surface area is 245 Å². The van der Waals surface area contributed by atoms with Crippen molar-refractivity contribution < 1.29 is 27.5 Å². The van der Waals surface area contributed by atoms with Crippen molar-refractivity contribution in [3.05, 3.63) is 65.7 Å². The van der Waals surface area contributed by atoms with Gasteiger partial charge in [-0.2, -0.15) is 5.26 Å². The standard InChI is InChI=1S/C30H33N5O6S/c1-18(32-3)29(37)33-28-19(2)35(27(36)17-42(5,39)40)25-14-20(15-31)10-12-24(25)34(30(28)38)16-23-22-9-7-6-8-21(22)11-13-26(23)41-4/h6-14,18-19,28,32H,16-17H2,1-5H3,(H,33,37)/t18?,19-,28-/m0/s1. The van der Waals surface area contributed by atoms with E-state index < -0.39 is 51.4 Å². The third kappa shape index (κ3) is 6.07. The fraction of sp³-hybridized carbons (Fsp3) is 0.333. The number of benzene rings is 3. The number of nitriles is 1. The van der Waals surface area contributed by atoms with Gasteiger partial charge in [-0.25, -0.2) is 8.42 Å². The van der Waals surface area contributed by atoms with Crippen molar-refractivity contribution in [3.8, 4) is 11.8 Å². The molecule has 0 saturated heterocycles. The van der Waals surface area contributed by atoms with Crippen molar-refractivity contribution >= 4 is 49.7 Å². The number of methoxy groups -OCH3 is 1. The number of amides is 3. The molecular weight excluding hydrogens is 558 g/mol. The lowest BCUT2D eigenvalue weighted by Crippen LogP contribution is -2.60. The Hall–Kier alpha value is -4.47. The number of sulfone groups is 1. The SMILES string of the molecule is CNC(C)C(=O)N[C@@H]1C(=O)N(Cc2c(OC)ccc3ccccc23)c2ccc(C#N)cc2N(C(=O)CS(C)(=O)=O)[C@H]1C. The maximum Gasteiger partial charge on any atom is 0.252 e. The molecule has 0 bridgehead atoms. The van der Waals surface area contributed by atoms with Gasteiger partial charge in [0, 0.05) is 11.8 Å². The van der Waals surface area contributed by atoms with Crippen LogP contribution >= 0.6 is 0 Å². The number of ether oxygens (including phenoxy) is 1. The molecule has 3 atom stereocenters. The van der Waals surface area contributed by atoms with E-state index in [4.69, 9.17) is 4.74 Å². The van der Waals surface area contributed by atoms with Crippen molar-refractivity contribution in [2.24, 2.45) is 0 Å². The van der Waals surface area contributed by atoms with Crippen LogP contribution in [0.3, 0.4) is 0 Å². The molecule has 0 spiro atoms. The Balaban J connectivity index is 1.97. The van der Waals surface area contributed by atoms with E-state index in [1.54, 1.807) is 33.0 Å². The first-order valence-electron chi connectivity index (χ1n) is 13.3. The van der Waals surface area contributed by atoms with E-state index in [1.807, 2.05) is 36.4 Å². The number of carbonyl (C=O) groups excluding carboxylic acids is 3. The van der Waals surface area contributed by atoms with E-state index in [1.165, 1.54) is 29.0 Å². The number of rotatable bonds is 8. The fourth-order valence-corrected chi connectivity index (χ4v) is 5.70. The van der Waals surface area contributed by atoms with Crippen molar-refractivity contribution in [2.45, 2.75) is 38.5 Å². The summed E-state index contributed by atoms with van der Waals surface area (Å²) in [5.74, 6) is -2.09. The molecule has 11 nitrogen and oxygen atoms in total. The molecule has 0 saturated carbocycles. The molecule has 3 aromatic rings. The zero-order valence-electron chi connectivity index (χ0n) is 24.0. The van der Waals surface area contributed by atoms with Crippen LogP contribution in [0.2, 0.25) is 0 Å². The lowest BCUT2D eigenvalue weighted by Gasteiger charge is -2.32. The van der Waals surface area contributed by atoms with Crippen LogP contribution in [0.25, 0.3) is 10.8 Å². The summed E-state index contributed by atoms with van der Waals surface area (Å²) in [6.45, 7) is 3.19. The van der Waals surface area contributed by atoms with Gasteiger partial charge in [0.2, 0.25) is 11.8 Å². The van der Waals surface area contributed by atoms with Gasteiger partial charge in [0.15, 0.2) is 9.84 Å². The second-order valence-corrected chi connectivity index (χ2v) is 12.4. The number of anilines is 2. The zero-order valence-corrected chi connectivity index (χ0v) is 24.9. The molecule has 2 N–H and O–H groups in total. The van der Waals surface area contributed by atoms with Crippen LogP contribution in [0.5, 0.6) is 5.75 Å². The largest absolute Gasteiger partial charge is 0.496 e. The van der Waals surface area contributed by atoms with Crippen molar-refractivity contribution in [1.29, 1.82) is 5.26 Å². The topological polar surface area (TPSA) is 149 Å². The Bertz CT molecular complexity index is 1700. The molecule has 1 aliphatic heterocycles. The molecule has 1 unspecified atom stereocenters. The Morgan fingerprint density at radius 3 is 2.48 bits per heavy atom. The Kier molecular flexibility index (Phi) is 8.84. The van der Waals surface area contributed by atoms with E-state index in [0.29, 0.717) is 11.3 Å². The van der Waals surface area contributed by atoms with E-state index in [9.17, 15) is 28.1 Å². The first-order valence-corrected chi connectivity index (χ1v) is 15.3. The minimum atomic E-state index is -3.76. The lowest BCUT2D eigenvalue weighted by atomic mass is 10.0. The van der Waals surface area contributed by atoms with Gasteiger partial charge in [0.25, 0.3) is 5.91 Å². The summed E-state index contributed by atoms with van der Waals surface area (Å²) in [6.07, 6.45) is 0.943. The number of carbonyl (C=O) groups is 3. The van der Waals surface area contributed by atoms with Crippen LogP contribution in [-0.2, 0) is 30.8 Å². The molecule has 220 valence electrons. The number of likely N-dealkylation sites (N-methyl/N-ethyl adjacent to an activating group) is 1. The van der Waals surface area contributed by atoms with Gasteiger partial charge in [0.1, 0.15) is 17.5 Å². The maximum atomic E-state index is 14.4. The minimum absolute atomic E-state index is 0.00294. The highest BCUT2D eigenvalue weighted by molar-refractivity contribution is 7.91. The monoisotopic (exact) mass is 591 g/mol. The predicted molar refractivity (Wildman–Crippen MR) is 160 cm³/mol. The molecule has 3 amide bonds. The number of fused-ring (bicyclic) bond motifs is 2. The van der Waals surface area contributed by atoms with E-state index >= 15 is 0 Å². The molecule has 4 rings (SSSR count). The van der Waals surface area contributed by atoms with Crippen LogP contribution in [0.4, 0.5) is 11.4 Å². The Morgan fingerprint density at radius 1 is 1.12 bits per heavy atom. The highest BCUT2D eigenvalue weighted by atomic mass is 32.2. The molecule has 0 fully saturated rings. The van der Waals surface area contributed by atoms with Crippen molar-refractivity contribution in [3.63, 3.8) is 0 Å². The van der Waals surface area contributed by atoms with Gasteiger partial charge in [-0.3, -0.25) is 14.4 Å². The predicted octanol–water partition coefficient (Wildman–Crippen LogP) is 2.13. The van der Waals surface area contributed by atoms with Crippen molar-refractivity contribution in [2.75, 3.05) is 36.0 Å². The quantitative estimate of drug-likeness (QED) is 0.405. The highest BCUT2D eigenvalue weighted by Gasteiger charge is 2.43. The lowest BCUT2D eigenvalue weighted by molar-refractivity contribution is -0.129. The molecule has 0 aliphatic carbocycles. The molecule has 0 radical (unpaired) electrons. The molecule has 0 aromatic heterocycles. The molecule has 12 heteroatoms. The molecular formula is C30H33N5O6S. The van der Waals surface area contributed by atoms with Crippen LogP contribution in [0.1, 0.15) is 25.0 Å². The summed E-state index contributed by atoms with van der Waals surface area (Å²) in [6, 6.07) is 15.0. The second kappa shape index (κ2) is 12.2. The highest BCUT2D eigenvalue weighted by Crippen LogP contribution is 2.39. The first-order chi connectivity index (χ1) is 19.9.